The van der Waals surface area contributed by atoms with Gasteiger partial charge in [-0.3, -0.25) is 0 Å². The molecule has 0 bridgehead atoms. The zero-order valence-corrected chi connectivity index (χ0v) is 25.8. The summed E-state index contributed by atoms with van der Waals surface area (Å²) in [4.78, 5) is 14.8. The summed E-state index contributed by atoms with van der Waals surface area (Å²) in [6, 6.07) is 51.7. The number of nitrogens with zero attached hydrogens (tertiary/aromatic N) is 3. The van der Waals surface area contributed by atoms with E-state index in [0.717, 1.165) is 16.7 Å². The van der Waals surface area contributed by atoms with Gasteiger partial charge < -0.3 is 0 Å². The number of hydrogen-bond acceptors (Lipinski definition) is 3. The summed E-state index contributed by atoms with van der Waals surface area (Å²) >= 11 is 0. The molecule has 1 aromatic heterocycles. The van der Waals surface area contributed by atoms with Crippen LogP contribution in [0.1, 0.15) is 47.6 Å². The molecule has 0 N–H and O–H groups in total. The van der Waals surface area contributed by atoms with Gasteiger partial charge in [-0.25, -0.2) is 15.0 Å². The Kier molecular flexibility index (Phi) is 5.91. The van der Waals surface area contributed by atoms with Gasteiger partial charge in [-0.05, 0) is 50.1 Å². The molecule has 0 saturated heterocycles. The monoisotopic (exact) mass is 589 g/mol. The molecule has 0 radical (unpaired) electrons. The molecule has 7 aromatic rings. The predicted octanol–water partition coefficient (Wildman–Crippen LogP) is 10.3. The van der Waals surface area contributed by atoms with Gasteiger partial charge in [0.15, 0.2) is 17.5 Å². The highest BCUT2D eigenvalue weighted by Gasteiger charge is 2.42. The molecule has 218 valence electrons. The molecule has 46 heavy (non-hydrogen) atoms. The summed E-state index contributed by atoms with van der Waals surface area (Å²) in [5.74, 6) is 2.17. The summed E-state index contributed by atoms with van der Waals surface area (Å²) in [5.41, 5.74) is 15.2. The summed E-state index contributed by atoms with van der Waals surface area (Å²) in [5, 5.41) is 0. The van der Waals surface area contributed by atoms with Crippen LogP contribution in [-0.4, -0.2) is 15.0 Å². The number of rotatable bonds is 4. The van der Waals surface area contributed by atoms with Crippen molar-refractivity contribution >= 4 is 0 Å². The van der Waals surface area contributed by atoms with Crippen LogP contribution in [0.5, 0.6) is 0 Å². The Bertz CT molecular complexity index is 2210. The number of fused-ring (bicyclic) bond motifs is 7. The largest absolute Gasteiger partial charge is 0.208 e. The van der Waals surface area contributed by atoms with Gasteiger partial charge in [0.25, 0.3) is 0 Å². The van der Waals surface area contributed by atoms with Gasteiger partial charge >= 0.3 is 0 Å². The Morgan fingerprint density at radius 2 is 0.957 bits per heavy atom. The second-order valence-electron chi connectivity index (χ2n) is 12.8. The van der Waals surface area contributed by atoms with Crippen molar-refractivity contribution in [1.82, 2.24) is 15.0 Å². The van der Waals surface area contributed by atoms with Gasteiger partial charge in [0.1, 0.15) is 0 Å². The molecule has 3 nitrogen and oxygen atoms in total. The van der Waals surface area contributed by atoms with Crippen LogP contribution in [0.25, 0.3) is 56.4 Å². The van der Waals surface area contributed by atoms with Crippen LogP contribution in [-0.2, 0) is 5.41 Å². The maximum Gasteiger partial charge on any atom is 0.164 e. The van der Waals surface area contributed by atoms with Crippen molar-refractivity contribution in [3.05, 3.63) is 173 Å². The molecular formula is C43H31N3. The van der Waals surface area contributed by atoms with E-state index in [1.54, 1.807) is 0 Å². The molecular weight excluding hydrogens is 558 g/mol. The molecule has 9 rings (SSSR count). The van der Waals surface area contributed by atoms with Crippen molar-refractivity contribution in [3.8, 4) is 56.4 Å². The molecule has 2 aliphatic rings. The molecule has 1 heterocycles. The lowest BCUT2D eigenvalue weighted by atomic mass is 9.78. The first kappa shape index (κ1) is 26.7. The quantitative estimate of drug-likeness (QED) is 0.205. The van der Waals surface area contributed by atoms with Gasteiger partial charge in [0.05, 0.1) is 0 Å². The Labute approximate surface area is 269 Å². The first-order chi connectivity index (χ1) is 22.6. The van der Waals surface area contributed by atoms with E-state index in [4.69, 9.17) is 15.0 Å². The van der Waals surface area contributed by atoms with E-state index in [1.165, 1.54) is 50.1 Å². The second kappa shape index (κ2) is 10.2. The first-order valence-electron chi connectivity index (χ1n) is 15.9. The van der Waals surface area contributed by atoms with E-state index in [0.29, 0.717) is 17.5 Å². The molecule has 0 fully saturated rings. The highest BCUT2D eigenvalue weighted by atomic mass is 15.0. The van der Waals surface area contributed by atoms with Gasteiger partial charge in [-0.1, -0.05) is 159 Å². The molecule has 1 atom stereocenters. The molecule has 2 aliphatic carbocycles. The number of hydrogen-bond donors (Lipinski definition) is 0. The van der Waals surface area contributed by atoms with E-state index in [2.05, 4.69) is 98.8 Å². The van der Waals surface area contributed by atoms with Crippen molar-refractivity contribution < 1.29 is 0 Å². The van der Waals surface area contributed by atoms with Crippen LogP contribution >= 0.6 is 0 Å². The molecule has 1 unspecified atom stereocenters. The lowest BCUT2D eigenvalue weighted by Crippen LogP contribution is -2.16. The molecule has 0 saturated carbocycles. The zero-order valence-electron chi connectivity index (χ0n) is 25.8. The third-order valence-electron chi connectivity index (χ3n) is 9.81. The van der Waals surface area contributed by atoms with Crippen LogP contribution < -0.4 is 0 Å². The van der Waals surface area contributed by atoms with Crippen molar-refractivity contribution in [2.45, 2.75) is 25.2 Å². The molecule has 0 aliphatic heterocycles. The highest BCUT2D eigenvalue weighted by Crippen LogP contribution is 2.58. The molecule has 6 aromatic carbocycles. The predicted molar refractivity (Wildman–Crippen MR) is 187 cm³/mol. The Balaban J connectivity index is 1.16. The minimum atomic E-state index is -0.0747. The standard InChI is InChI=1S/C43H31N3/c1-43(2)36-20-12-11-17-31(36)34-25-26-35-37(32-18-9-10-19-33(32)38(35)39(34)43)27-21-23-30(24-22-27)42-45-40(28-13-5-3-6-14-28)44-41(46-42)29-15-7-4-8-16-29/h3-26,37H,1-2H3. The smallest absolute Gasteiger partial charge is 0.164 e. The fourth-order valence-electron chi connectivity index (χ4n) is 7.69. The minimum Gasteiger partial charge on any atom is -0.208 e. The molecule has 3 heteroatoms. The van der Waals surface area contributed by atoms with Crippen LogP contribution in [0.2, 0.25) is 0 Å². The van der Waals surface area contributed by atoms with Gasteiger partial charge in [-0.15, -0.1) is 0 Å². The first-order valence-corrected chi connectivity index (χ1v) is 15.9. The second-order valence-corrected chi connectivity index (χ2v) is 12.8. The topological polar surface area (TPSA) is 38.7 Å². The zero-order chi connectivity index (χ0) is 30.8. The Morgan fingerprint density at radius 1 is 0.435 bits per heavy atom. The van der Waals surface area contributed by atoms with Gasteiger partial charge in [0.2, 0.25) is 0 Å². The van der Waals surface area contributed by atoms with Crippen LogP contribution in [0.4, 0.5) is 0 Å². The fourth-order valence-corrected chi connectivity index (χ4v) is 7.69. The van der Waals surface area contributed by atoms with Crippen LogP contribution in [0.15, 0.2) is 146 Å². The van der Waals surface area contributed by atoms with Crippen molar-refractivity contribution in [3.63, 3.8) is 0 Å². The Morgan fingerprint density at radius 3 is 1.59 bits per heavy atom. The van der Waals surface area contributed by atoms with Gasteiger partial charge in [0, 0.05) is 28.0 Å². The van der Waals surface area contributed by atoms with Crippen LogP contribution in [0.3, 0.4) is 0 Å². The lowest BCUT2D eigenvalue weighted by molar-refractivity contribution is 0.661. The third-order valence-corrected chi connectivity index (χ3v) is 9.81. The third kappa shape index (κ3) is 4.02. The average Bonchev–Trinajstić information content (AvgIpc) is 3.57. The number of aromatic nitrogens is 3. The normalized spacial score (nSPS) is 15.1. The van der Waals surface area contributed by atoms with E-state index >= 15 is 0 Å². The van der Waals surface area contributed by atoms with E-state index in [-0.39, 0.29) is 11.3 Å². The average molecular weight is 590 g/mol. The lowest BCUT2D eigenvalue weighted by Gasteiger charge is -2.25. The van der Waals surface area contributed by atoms with Gasteiger partial charge in [-0.2, -0.15) is 0 Å². The fraction of sp³-hybridized carbons (Fsp3) is 0.0930. The van der Waals surface area contributed by atoms with Crippen molar-refractivity contribution in [2.24, 2.45) is 0 Å². The molecule has 0 amide bonds. The van der Waals surface area contributed by atoms with Crippen molar-refractivity contribution in [1.29, 1.82) is 0 Å². The van der Waals surface area contributed by atoms with E-state index < -0.39 is 0 Å². The van der Waals surface area contributed by atoms with Crippen LogP contribution in [0, 0.1) is 0 Å². The summed E-state index contributed by atoms with van der Waals surface area (Å²) in [6.45, 7) is 4.76. The molecule has 0 spiro atoms. The van der Waals surface area contributed by atoms with Crippen molar-refractivity contribution in [2.75, 3.05) is 0 Å². The maximum absolute atomic E-state index is 4.95. The highest BCUT2D eigenvalue weighted by molar-refractivity contribution is 5.93. The number of benzene rings is 6. The minimum absolute atomic E-state index is 0.0747. The summed E-state index contributed by atoms with van der Waals surface area (Å²) in [6.07, 6.45) is 0. The Hall–Kier alpha value is -5.67. The maximum atomic E-state index is 4.95. The summed E-state index contributed by atoms with van der Waals surface area (Å²) in [7, 11) is 0. The summed E-state index contributed by atoms with van der Waals surface area (Å²) < 4.78 is 0. The van der Waals surface area contributed by atoms with E-state index in [9.17, 15) is 0 Å². The SMILES string of the molecule is CC1(C)c2ccccc2-c2ccc3c(c21)-c1ccccc1C3c1ccc(-c2nc(-c3ccccc3)nc(-c3ccccc3)n2)cc1. The van der Waals surface area contributed by atoms with E-state index in [1.807, 2.05) is 60.7 Å².